The summed E-state index contributed by atoms with van der Waals surface area (Å²) in [5.41, 5.74) is 0. The minimum atomic E-state index is 0.763. The fourth-order valence-electron chi connectivity index (χ4n) is 1.65. The molecule has 0 saturated carbocycles. The van der Waals surface area contributed by atoms with E-state index in [2.05, 4.69) is 47.9 Å². The summed E-state index contributed by atoms with van der Waals surface area (Å²) in [6.45, 7) is 6.89. The summed E-state index contributed by atoms with van der Waals surface area (Å²) >= 11 is 3.73. The van der Waals surface area contributed by atoms with Gasteiger partial charge in [0, 0.05) is 22.8 Å². The molecule has 108 valence electrons. The summed E-state index contributed by atoms with van der Waals surface area (Å²) in [7, 11) is 0. The summed E-state index contributed by atoms with van der Waals surface area (Å²) in [4.78, 5) is 7.28. The Bertz CT molecular complexity index is 375. The van der Waals surface area contributed by atoms with Crippen LogP contribution in [-0.2, 0) is 6.54 Å². The predicted molar refractivity (Wildman–Crippen MR) is 89.5 cm³/mol. The van der Waals surface area contributed by atoms with Gasteiger partial charge in [-0.2, -0.15) is 11.8 Å². The van der Waals surface area contributed by atoms with Crippen molar-refractivity contribution in [2.24, 2.45) is 4.99 Å². The summed E-state index contributed by atoms with van der Waals surface area (Å²) in [5.74, 6) is 2.17. The normalized spacial score (nSPS) is 11.6. The third kappa shape index (κ3) is 7.47. The van der Waals surface area contributed by atoms with Crippen molar-refractivity contribution in [1.82, 2.24) is 10.6 Å². The van der Waals surface area contributed by atoms with Crippen molar-refractivity contribution in [1.29, 1.82) is 0 Å². The van der Waals surface area contributed by atoms with Crippen LogP contribution in [0.3, 0.4) is 0 Å². The Balaban J connectivity index is 2.33. The molecular weight excluding hydrogens is 274 g/mol. The standard InChI is InChI=1S/C14H25N3S2/c1-4-15-14(16-9-5-6-10-18-3)17-11-13-8-7-12(2)19-13/h7-8H,4-6,9-11H2,1-3H3,(H2,15,16,17). The van der Waals surface area contributed by atoms with Crippen molar-refractivity contribution in [2.75, 3.05) is 25.1 Å². The number of aliphatic imine (C=N–C) groups is 1. The molecule has 0 aromatic carbocycles. The predicted octanol–water partition coefficient (Wildman–Crippen LogP) is 3.25. The minimum Gasteiger partial charge on any atom is -0.357 e. The van der Waals surface area contributed by atoms with Gasteiger partial charge in [-0.25, -0.2) is 4.99 Å². The lowest BCUT2D eigenvalue weighted by Crippen LogP contribution is -2.37. The average molecular weight is 300 g/mol. The zero-order valence-corrected chi connectivity index (χ0v) is 13.8. The minimum absolute atomic E-state index is 0.763. The van der Waals surface area contributed by atoms with Crippen LogP contribution in [-0.4, -0.2) is 31.1 Å². The molecule has 5 heteroatoms. The fourth-order valence-corrected chi connectivity index (χ4v) is 2.95. The fraction of sp³-hybridized carbons (Fsp3) is 0.643. The van der Waals surface area contributed by atoms with Gasteiger partial charge in [0.15, 0.2) is 5.96 Å². The molecule has 2 N–H and O–H groups in total. The molecule has 19 heavy (non-hydrogen) atoms. The Morgan fingerprint density at radius 1 is 1.32 bits per heavy atom. The highest BCUT2D eigenvalue weighted by atomic mass is 32.2. The molecule has 0 radical (unpaired) electrons. The van der Waals surface area contributed by atoms with Gasteiger partial charge in [0.1, 0.15) is 0 Å². The van der Waals surface area contributed by atoms with Gasteiger partial charge in [-0.15, -0.1) is 11.3 Å². The van der Waals surface area contributed by atoms with Crippen LogP contribution < -0.4 is 10.6 Å². The Morgan fingerprint density at radius 2 is 2.16 bits per heavy atom. The molecule has 0 saturated heterocycles. The number of hydrogen-bond donors (Lipinski definition) is 2. The molecule has 0 bridgehead atoms. The highest BCUT2D eigenvalue weighted by Crippen LogP contribution is 2.15. The molecule has 1 heterocycles. The SMILES string of the molecule is CCNC(=NCc1ccc(C)s1)NCCCCSC. The molecule has 0 aliphatic rings. The van der Waals surface area contributed by atoms with E-state index in [-0.39, 0.29) is 0 Å². The van der Waals surface area contributed by atoms with Crippen LogP contribution in [0.1, 0.15) is 29.5 Å². The van der Waals surface area contributed by atoms with Crippen molar-refractivity contribution in [2.45, 2.75) is 33.2 Å². The number of unbranched alkanes of at least 4 members (excludes halogenated alkanes) is 1. The second kappa shape index (κ2) is 10.1. The number of guanidine groups is 1. The van der Waals surface area contributed by atoms with Gasteiger partial charge in [-0.3, -0.25) is 0 Å². The van der Waals surface area contributed by atoms with E-state index in [0.717, 1.165) is 25.6 Å². The first-order valence-corrected chi connectivity index (χ1v) is 9.03. The van der Waals surface area contributed by atoms with Gasteiger partial charge in [-0.05, 0) is 50.8 Å². The Hall–Kier alpha value is -0.680. The van der Waals surface area contributed by atoms with Gasteiger partial charge in [0.2, 0.25) is 0 Å². The number of nitrogens with one attached hydrogen (secondary N) is 2. The van der Waals surface area contributed by atoms with Crippen LogP contribution in [0.4, 0.5) is 0 Å². The molecule has 0 unspecified atom stereocenters. The molecule has 1 rings (SSSR count). The van der Waals surface area contributed by atoms with Crippen LogP contribution >= 0.6 is 23.1 Å². The first-order chi connectivity index (χ1) is 9.26. The lowest BCUT2D eigenvalue weighted by Gasteiger charge is -2.10. The van der Waals surface area contributed by atoms with E-state index < -0.39 is 0 Å². The van der Waals surface area contributed by atoms with Crippen LogP contribution in [0, 0.1) is 6.92 Å². The summed E-state index contributed by atoms with van der Waals surface area (Å²) in [6.07, 6.45) is 4.61. The molecule has 3 nitrogen and oxygen atoms in total. The maximum atomic E-state index is 4.61. The highest BCUT2D eigenvalue weighted by Gasteiger charge is 1.99. The smallest absolute Gasteiger partial charge is 0.191 e. The number of nitrogens with zero attached hydrogens (tertiary/aromatic N) is 1. The number of thiophene rings is 1. The highest BCUT2D eigenvalue weighted by molar-refractivity contribution is 7.98. The molecule has 0 atom stereocenters. The van der Waals surface area contributed by atoms with Gasteiger partial charge in [0.05, 0.1) is 6.54 Å². The van der Waals surface area contributed by atoms with Gasteiger partial charge < -0.3 is 10.6 Å². The van der Waals surface area contributed by atoms with Gasteiger partial charge in [-0.1, -0.05) is 0 Å². The summed E-state index contributed by atoms with van der Waals surface area (Å²) in [6, 6.07) is 4.31. The molecule has 0 aliphatic carbocycles. The molecule has 0 fully saturated rings. The molecule has 0 spiro atoms. The average Bonchev–Trinajstić information content (AvgIpc) is 2.81. The van der Waals surface area contributed by atoms with E-state index in [9.17, 15) is 0 Å². The van der Waals surface area contributed by atoms with Gasteiger partial charge in [0.25, 0.3) is 0 Å². The summed E-state index contributed by atoms with van der Waals surface area (Å²) < 4.78 is 0. The first kappa shape index (κ1) is 16.4. The van der Waals surface area contributed by atoms with Crippen molar-refractivity contribution >= 4 is 29.1 Å². The molecular formula is C14H25N3S2. The lowest BCUT2D eigenvalue weighted by molar-refractivity contribution is 0.735. The summed E-state index contributed by atoms with van der Waals surface area (Å²) in [5, 5.41) is 6.68. The van der Waals surface area contributed by atoms with Crippen molar-refractivity contribution in [3.63, 3.8) is 0 Å². The van der Waals surface area contributed by atoms with E-state index in [4.69, 9.17) is 0 Å². The van der Waals surface area contributed by atoms with Crippen LogP contribution in [0.15, 0.2) is 17.1 Å². The van der Waals surface area contributed by atoms with E-state index in [0.29, 0.717) is 0 Å². The van der Waals surface area contributed by atoms with Crippen molar-refractivity contribution < 1.29 is 0 Å². The topological polar surface area (TPSA) is 36.4 Å². The lowest BCUT2D eigenvalue weighted by atomic mass is 10.3. The van der Waals surface area contributed by atoms with E-state index in [1.807, 2.05) is 23.1 Å². The second-order valence-corrected chi connectivity index (χ2v) is 6.69. The number of hydrogen-bond acceptors (Lipinski definition) is 3. The third-order valence-corrected chi connectivity index (χ3v) is 4.28. The number of thioether (sulfide) groups is 1. The zero-order valence-electron chi connectivity index (χ0n) is 12.2. The molecule has 0 amide bonds. The first-order valence-electron chi connectivity index (χ1n) is 6.82. The Kier molecular flexibility index (Phi) is 8.75. The van der Waals surface area contributed by atoms with Gasteiger partial charge >= 0.3 is 0 Å². The van der Waals surface area contributed by atoms with Crippen LogP contribution in [0.2, 0.25) is 0 Å². The molecule has 0 aliphatic heterocycles. The monoisotopic (exact) mass is 299 g/mol. The maximum Gasteiger partial charge on any atom is 0.191 e. The maximum absolute atomic E-state index is 4.61. The molecule has 1 aromatic heterocycles. The number of rotatable bonds is 8. The second-order valence-electron chi connectivity index (χ2n) is 4.33. The van der Waals surface area contributed by atoms with E-state index in [1.54, 1.807) is 0 Å². The quantitative estimate of drug-likeness (QED) is 0.439. The number of aryl methyl sites for hydroxylation is 1. The van der Waals surface area contributed by atoms with E-state index >= 15 is 0 Å². The Labute approximate surface area is 125 Å². The van der Waals surface area contributed by atoms with E-state index in [1.165, 1.54) is 28.3 Å². The van der Waals surface area contributed by atoms with Crippen molar-refractivity contribution in [3.05, 3.63) is 21.9 Å². The zero-order chi connectivity index (χ0) is 13.9. The van der Waals surface area contributed by atoms with Crippen LogP contribution in [0.5, 0.6) is 0 Å². The van der Waals surface area contributed by atoms with Crippen molar-refractivity contribution in [3.8, 4) is 0 Å². The van der Waals surface area contributed by atoms with Crippen LogP contribution in [0.25, 0.3) is 0 Å². The third-order valence-electron chi connectivity index (χ3n) is 2.60. The largest absolute Gasteiger partial charge is 0.357 e. The Morgan fingerprint density at radius 3 is 2.79 bits per heavy atom. The molecule has 1 aromatic rings.